The number of hydrogen-bond donors (Lipinski definition) is 3. The lowest BCUT2D eigenvalue weighted by Gasteiger charge is -2.33. The average molecular weight is 268 g/mol. The van der Waals surface area contributed by atoms with Gasteiger partial charge in [0.2, 0.25) is 0 Å². The Bertz CT molecular complexity index is 334. The highest BCUT2D eigenvalue weighted by Gasteiger charge is 2.39. The molecule has 0 aromatic rings. The third-order valence-corrected chi connectivity index (χ3v) is 4.39. The summed E-state index contributed by atoms with van der Waals surface area (Å²) < 4.78 is 0. The molecule has 0 aromatic heterocycles. The van der Waals surface area contributed by atoms with Crippen LogP contribution >= 0.6 is 0 Å². The molecule has 0 atom stereocenters. The second-order valence-electron chi connectivity index (χ2n) is 5.99. The van der Waals surface area contributed by atoms with E-state index in [1.807, 2.05) is 0 Å². The van der Waals surface area contributed by atoms with Gasteiger partial charge in [-0.25, -0.2) is 4.79 Å². The fraction of sp³-hybridized carbons (Fsp3) is 0.857. The molecule has 0 spiro atoms. The first-order valence-electron chi connectivity index (χ1n) is 7.37. The van der Waals surface area contributed by atoms with Crippen LogP contribution in [0.4, 0.5) is 4.79 Å². The molecular formula is C14H24N2O3. The van der Waals surface area contributed by atoms with Gasteiger partial charge in [0.15, 0.2) is 0 Å². The normalized spacial score (nSPS) is 21.7. The van der Waals surface area contributed by atoms with Crippen LogP contribution in [0.1, 0.15) is 51.4 Å². The first-order chi connectivity index (χ1) is 9.12. The lowest BCUT2D eigenvalue weighted by atomic mass is 9.74. The molecule has 2 fully saturated rings. The molecule has 2 amide bonds. The molecule has 0 aromatic carbocycles. The van der Waals surface area contributed by atoms with E-state index in [1.54, 1.807) is 0 Å². The summed E-state index contributed by atoms with van der Waals surface area (Å²) in [5, 5.41) is 14.9. The monoisotopic (exact) mass is 268 g/mol. The van der Waals surface area contributed by atoms with Crippen LogP contribution in [0.3, 0.4) is 0 Å². The van der Waals surface area contributed by atoms with Crippen LogP contribution < -0.4 is 10.6 Å². The minimum absolute atomic E-state index is 0.230. The van der Waals surface area contributed by atoms with Crippen molar-refractivity contribution in [2.45, 2.75) is 51.4 Å². The number of amides is 2. The highest BCUT2D eigenvalue weighted by atomic mass is 16.4. The number of carboxylic acid groups (broad SMARTS) is 1. The Morgan fingerprint density at radius 3 is 2.37 bits per heavy atom. The summed E-state index contributed by atoms with van der Waals surface area (Å²) in [6.07, 6.45) is 7.93. The molecule has 2 saturated carbocycles. The molecule has 2 rings (SSSR count). The first-order valence-corrected chi connectivity index (χ1v) is 7.37. The number of carbonyl (C=O) groups is 2. The van der Waals surface area contributed by atoms with E-state index in [-0.39, 0.29) is 12.6 Å². The van der Waals surface area contributed by atoms with Crippen molar-refractivity contribution in [3.05, 3.63) is 0 Å². The van der Waals surface area contributed by atoms with Gasteiger partial charge in [0.1, 0.15) is 0 Å². The first kappa shape index (κ1) is 14.2. The quantitative estimate of drug-likeness (QED) is 0.690. The van der Waals surface area contributed by atoms with Crippen molar-refractivity contribution in [3.63, 3.8) is 0 Å². The SMILES string of the molecule is O=C(NCCC1CC1)NCC1(C(=O)O)CCCCC1. The molecule has 0 radical (unpaired) electrons. The summed E-state index contributed by atoms with van der Waals surface area (Å²) in [5.41, 5.74) is -0.744. The van der Waals surface area contributed by atoms with Crippen LogP contribution in [0, 0.1) is 11.3 Å². The molecule has 108 valence electrons. The van der Waals surface area contributed by atoms with Crippen LogP contribution in [0.25, 0.3) is 0 Å². The summed E-state index contributed by atoms with van der Waals surface area (Å²) in [4.78, 5) is 23.1. The van der Waals surface area contributed by atoms with Crippen LogP contribution in [-0.2, 0) is 4.79 Å². The molecule has 0 aliphatic heterocycles. The number of rotatable bonds is 6. The van der Waals surface area contributed by atoms with E-state index in [9.17, 15) is 14.7 Å². The summed E-state index contributed by atoms with van der Waals surface area (Å²) >= 11 is 0. The maximum absolute atomic E-state index is 11.6. The summed E-state index contributed by atoms with van der Waals surface area (Å²) in [7, 11) is 0. The van der Waals surface area contributed by atoms with Crippen molar-refractivity contribution < 1.29 is 14.7 Å². The molecule has 3 N–H and O–H groups in total. The summed E-state index contributed by atoms with van der Waals surface area (Å²) in [5.74, 6) is 0.0227. The standard InChI is InChI=1S/C14H24N2O3/c17-12(18)14(7-2-1-3-8-14)10-16-13(19)15-9-6-11-4-5-11/h11H,1-10H2,(H,17,18)(H2,15,16,19). The van der Waals surface area contributed by atoms with Gasteiger partial charge in [0.25, 0.3) is 0 Å². The topological polar surface area (TPSA) is 78.4 Å². The van der Waals surface area contributed by atoms with E-state index >= 15 is 0 Å². The van der Waals surface area contributed by atoms with Gasteiger partial charge in [-0.2, -0.15) is 0 Å². The Labute approximate surface area is 114 Å². The highest BCUT2D eigenvalue weighted by molar-refractivity contribution is 5.78. The Hall–Kier alpha value is -1.26. The number of carbonyl (C=O) groups excluding carboxylic acids is 1. The Morgan fingerprint density at radius 1 is 1.11 bits per heavy atom. The smallest absolute Gasteiger partial charge is 0.314 e. The molecule has 0 bridgehead atoms. The number of carboxylic acids is 1. The number of aliphatic carboxylic acids is 1. The van der Waals surface area contributed by atoms with E-state index in [0.717, 1.165) is 31.6 Å². The lowest BCUT2D eigenvalue weighted by molar-refractivity contribution is -0.150. The third kappa shape index (κ3) is 4.11. The van der Waals surface area contributed by atoms with Crippen LogP contribution in [-0.4, -0.2) is 30.2 Å². The summed E-state index contributed by atoms with van der Waals surface area (Å²) in [6.45, 7) is 0.939. The van der Waals surface area contributed by atoms with E-state index < -0.39 is 11.4 Å². The molecular weight excluding hydrogens is 244 g/mol. The van der Waals surface area contributed by atoms with Crippen molar-refractivity contribution in [2.24, 2.45) is 11.3 Å². The van der Waals surface area contributed by atoms with E-state index in [2.05, 4.69) is 10.6 Å². The van der Waals surface area contributed by atoms with E-state index in [4.69, 9.17) is 0 Å². The Morgan fingerprint density at radius 2 is 1.79 bits per heavy atom. The predicted octanol–water partition coefficient (Wildman–Crippen LogP) is 2.12. The fourth-order valence-corrected chi connectivity index (χ4v) is 2.80. The molecule has 0 unspecified atom stereocenters. The molecule has 5 heteroatoms. The van der Waals surface area contributed by atoms with E-state index in [0.29, 0.717) is 19.4 Å². The molecule has 2 aliphatic rings. The predicted molar refractivity (Wildman–Crippen MR) is 71.9 cm³/mol. The molecule has 2 aliphatic carbocycles. The zero-order valence-corrected chi connectivity index (χ0v) is 11.4. The van der Waals surface area contributed by atoms with Gasteiger partial charge in [0.05, 0.1) is 5.41 Å². The maximum atomic E-state index is 11.6. The molecule has 0 saturated heterocycles. The van der Waals surface area contributed by atoms with Gasteiger partial charge < -0.3 is 15.7 Å². The second kappa shape index (κ2) is 6.26. The van der Waals surface area contributed by atoms with Crippen molar-refractivity contribution >= 4 is 12.0 Å². The Kier molecular flexibility index (Phi) is 4.66. The van der Waals surface area contributed by atoms with Gasteiger partial charge in [0, 0.05) is 13.1 Å². The number of hydrogen-bond acceptors (Lipinski definition) is 2. The average Bonchev–Trinajstić information content (AvgIpc) is 3.21. The van der Waals surface area contributed by atoms with Crippen LogP contribution in [0.15, 0.2) is 0 Å². The maximum Gasteiger partial charge on any atom is 0.314 e. The van der Waals surface area contributed by atoms with Crippen molar-refractivity contribution in [1.82, 2.24) is 10.6 Å². The second-order valence-corrected chi connectivity index (χ2v) is 5.99. The van der Waals surface area contributed by atoms with Gasteiger partial charge >= 0.3 is 12.0 Å². The fourth-order valence-electron chi connectivity index (χ4n) is 2.80. The van der Waals surface area contributed by atoms with Crippen molar-refractivity contribution in [2.75, 3.05) is 13.1 Å². The van der Waals surface area contributed by atoms with Crippen molar-refractivity contribution in [3.8, 4) is 0 Å². The van der Waals surface area contributed by atoms with Gasteiger partial charge in [-0.05, 0) is 25.2 Å². The lowest BCUT2D eigenvalue weighted by Crippen LogP contribution is -2.47. The minimum Gasteiger partial charge on any atom is -0.481 e. The molecule has 5 nitrogen and oxygen atoms in total. The van der Waals surface area contributed by atoms with Crippen molar-refractivity contribution in [1.29, 1.82) is 0 Å². The molecule has 0 heterocycles. The number of nitrogens with one attached hydrogen (secondary N) is 2. The van der Waals surface area contributed by atoms with Gasteiger partial charge in [-0.15, -0.1) is 0 Å². The number of urea groups is 1. The third-order valence-electron chi connectivity index (χ3n) is 4.39. The van der Waals surface area contributed by atoms with Gasteiger partial charge in [-0.3, -0.25) is 4.79 Å². The van der Waals surface area contributed by atoms with Gasteiger partial charge in [-0.1, -0.05) is 32.1 Å². The zero-order valence-electron chi connectivity index (χ0n) is 11.4. The van der Waals surface area contributed by atoms with E-state index in [1.165, 1.54) is 12.8 Å². The Balaban J connectivity index is 1.71. The summed E-state index contributed by atoms with van der Waals surface area (Å²) in [6, 6.07) is -0.230. The van der Waals surface area contributed by atoms with Crippen LogP contribution in [0.2, 0.25) is 0 Å². The largest absolute Gasteiger partial charge is 0.481 e. The van der Waals surface area contributed by atoms with Crippen LogP contribution in [0.5, 0.6) is 0 Å². The zero-order chi connectivity index (χ0) is 13.7. The highest BCUT2D eigenvalue weighted by Crippen LogP contribution is 2.36. The minimum atomic E-state index is -0.773. The molecule has 19 heavy (non-hydrogen) atoms.